The molecule has 0 aliphatic carbocycles. The van der Waals surface area contributed by atoms with Crippen molar-refractivity contribution < 1.29 is 4.74 Å². The van der Waals surface area contributed by atoms with Crippen molar-refractivity contribution in [3.63, 3.8) is 0 Å². The number of rotatable bonds is 12. The Hall–Kier alpha value is -0.380. The predicted octanol–water partition coefficient (Wildman–Crippen LogP) is 4.98. The van der Waals surface area contributed by atoms with Gasteiger partial charge >= 0.3 is 0 Å². The van der Waals surface area contributed by atoms with Crippen molar-refractivity contribution in [3.8, 4) is 0 Å². The van der Waals surface area contributed by atoms with Gasteiger partial charge in [0.15, 0.2) is 0 Å². The first-order valence-corrected chi connectivity index (χ1v) is 8.97. The molecular formula is C17H31NOS. The molecule has 1 unspecified atom stereocenters. The number of hydrogen-bond donors (Lipinski definition) is 1. The maximum atomic E-state index is 5.90. The highest BCUT2D eigenvalue weighted by molar-refractivity contribution is 7.11. The number of hydrogen-bond acceptors (Lipinski definition) is 3. The minimum atomic E-state index is 0.737. The molecule has 0 aliphatic rings. The largest absolute Gasteiger partial charge is 0.376 e. The summed E-state index contributed by atoms with van der Waals surface area (Å²) < 4.78 is 5.90. The smallest absolute Gasteiger partial charge is 0.0809 e. The topological polar surface area (TPSA) is 21.3 Å². The zero-order valence-electron chi connectivity index (χ0n) is 13.4. The molecule has 1 N–H and O–H groups in total. The Kier molecular flexibility index (Phi) is 9.98. The fourth-order valence-corrected chi connectivity index (χ4v) is 3.13. The van der Waals surface area contributed by atoms with Crippen molar-refractivity contribution in [2.24, 2.45) is 5.92 Å². The SMILES string of the molecule is CCCCC(CC)COCc1ccc(CNCCC)s1. The fourth-order valence-electron chi connectivity index (χ4n) is 2.21. The van der Waals surface area contributed by atoms with Crippen LogP contribution < -0.4 is 5.32 Å². The van der Waals surface area contributed by atoms with E-state index in [1.54, 1.807) is 0 Å². The molecule has 0 radical (unpaired) electrons. The van der Waals surface area contributed by atoms with Crippen LogP contribution in [0.2, 0.25) is 0 Å². The van der Waals surface area contributed by atoms with Crippen LogP contribution >= 0.6 is 11.3 Å². The lowest BCUT2D eigenvalue weighted by molar-refractivity contribution is 0.0836. The monoisotopic (exact) mass is 297 g/mol. The van der Waals surface area contributed by atoms with Crippen molar-refractivity contribution in [2.45, 2.75) is 66.0 Å². The van der Waals surface area contributed by atoms with E-state index in [4.69, 9.17) is 4.74 Å². The van der Waals surface area contributed by atoms with Crippen molar-refractivity contribution in [3.05, 3.63) is 21.9 Å². The van der Waals surface area contributed by atoms with Crippen LogP contribution in [0.1, 0.15) is 62.6 Å². The molecule has 0 spiro atoms. The second-order valence-electron chi connectivity index (χ2n) is 5.48. The van der Waals surface area contributed by atoms with Crippen molar-refractivity contribution >= 4 is 11.3 Å². The first-order chi connectivity index (χ1) is 9.80. The van der Waals surface area contributed by atoms with Gasteiger partial charge in [-0.15, -0.1) is 11.3 Å². The molecule has 0 fully saturated rings. The van der Waals surface area contributed by atoms with Crippen molar-refractivity contribution in [1.29, 1.82) is 0 Å². The van der Waals surface area contributed by atoms with Gasteiger partial charge in [-0.05, 0) is 37.4 Å². The van der Waals surface area contributed by atoms with E-state index in [0.717, 1.165) is 32.2 Å². The number of unbranched alkanes of at least 4 members (excludes halogenated alkanes) is 1. The first kappa shape index (κ1) is 17.7. The van der Waals surface area contributed by atoms with Crippen LogP contribution in [0.15, 0.2) is 12.1 Å². The highest BCUT2D eigenvalue weighted by Gasteiger charge is 2.07. The van der Waals surface area contributed by atoms with Gasteiger partial charge < -0.3 is 10.1 Å². The van der Waals surface area contributed by atoms with E-state index in [-0.39, 0.29) is 0 Å². The minimum absolute atomic E-state index is 0.737. The van der Waals surface area contributed by atoms with Gasteiger partial charge in [0.05, 0.1) is 6.61 Å². The maximum Gasteiger partial charge on any atom is 0.0809 e. The van der Waals surface area contributed by atoms with Crippen LogP contribution in [-0.4, -0.2) is 13.2 Å². The van der Waals surface area contributed by atoms with Crippen LogP contribution in [0.5, 0.6) is 0 Å². The molecule has 20 heavy (non-hydrogen) atoms. The van der Waals surface area contributed by atoms with Crippen LogP contribution in [0.4, 0.5) is 0 Å². The maximum absolute atomic E-state index is 5.90. The standard InChI is InChI=1S/C17H31NOS/c1-4-7-8-15(6-3)13-19-14-17-10-9-16(20-17)12-18-11-5-2/h9-10,15,18H,4-8,11-14H2,1-3H3. The average Bonchev–Trinajstić information content (AvgIpc) is 2.91. The highest BCUT2D eigenvalue weighted by atomic mass is 32.1. The van der Waals surface area contributed by atoms with E-state index < -0.39 is 0 Å². The molecule has 0 aromatic carbocycles. The third-order valence-electron chi connectivity index (χ3n) is 3.58. The third-order valence-corrected chi connectivity index (χ3v) is 4.64. The van der Waals surface area contributed by atoms with Gasteiger partial charge in [-0.1, -0.05) is 40.0 Å². The fraction of sp³-hybridized carbons (Fsp3) is 0.765. The summed E-state index contributed by atoms with van der Waals surface area (Å²) in [7, 11) is 0. The van der Waals surface area contributed by atoms with E-state index in [1.165, 1.54) is 41.9 Å². The molecule has 0 aliphatic heterocycles. The number of nitrogens with one attached hydrogen (secondary N) is 1. The number of thiophene rings is 1. The zero-order chi connectivity index (χ0) is 14.6. The Morgan fingerprint density at radius 3 is 2.65 bits per heavy atom. The van der Waals surface area contributed by atoms with Gasteiger partial charge in [-0.25, -0.2) is 0 Å². The minimum Gasteiger partial charge on any atom is -0.376 e. The summed E-state index contributed by atoms with van der Waals surface area (Å²) in [5.74, 6) is 0.737. The molecule has 2 nitrogen and oxygen atoms in total. The van der Waals surface area contributed by atoms with Crippen LogP contribution in [0.3, 0.4) is 0 Å². The molecule has 1 heterocycles. The molecule has 1 aromatic rings. The summed E-state index contributed by atoms with van der Waals surface area (Å²) in [6, 6.07) is 4.43. The molecule has 0 amide bonds. The first-order valence-electron chi connectivity index (χ1n) is 8.16. The van der Waals surface area contributed by atoms with Gasteiger partial charge in [0.1, 0.15) is 0 Å². The molecular weight excluding hydrogens is 266 g/mol. The Labute approximate surface area is 128 Å². The van der Waals surface area contributed by atoms with Crippen molar-refractivity contribution in [2.75, 3.05) is 13.2 Å². The summed E-state index contributed by atoms with van der Waals surface area (Å²) in [6.07, 6.45) is 6.35. The molecule has 116 valence electrons. The van der Waals surface area contributed by atoms with Crippen LogP contribution in [0, 0.1) is 5.92 Å². The summed E-state index contributed by atoms with van der Waals surface area (Å²) in [5.41, 5.74) is 0. The summed E-state index contributed by atoms with van der Waals surface area (Å²) in [4.78, 5) is 2.76. The molecule has 0 bridgehead atoms. The summed E-state index contributed by atoms with van der Waals surface area (Å²) in [5, 5.41) is 3.44. The van der Waals surface area contributed by atoms with E-state index in [9.17, 15) is 0 Å². The van der Waals surface area contributed by atoms with E-state index >= 15 is 0 Å². The van der Waals surface area contributed by atoms with Gasteiger partial charge in [-0.2, -0.15) is 0 Å². The van der Waals surface area contributed by atoms with Crippen LogP contribution in [0.25, 0.3) is 0 Å². The normalized spacial score (nSPS) is 12.8. The van der Waals surface area contributed by atoms with E-state index in [2.05, 4.69) is 38.2 Å². The van der Waals surface area contributed by atoms with Crippen molar-refractivity contribution in [1.82, 2.24) is 5.32 Å². The molecule has 1 aromatic heterocycles. The second-order valence-corrected chi connectivity index (χ2v) is 6.73. The lowest BCUT2D eigenvalue weighted by Crippen LogP contribution is -2.12. The van der Waals surface area contributed by atoms with Gasteiger partial charge in [0.25, 0.3) is 0 Å². The zero-order valence-corrected chi connectivity index (χ0v) is 14.2. The second kappa shape index (κ2) is 11.3. The Balaban J connectivity index is 2.20. The summed E-state index contributed by atoms with van der Waals surface area (Å²) in [6.45, 7) is 10.5. The Bertz CT molecular complexity index is 337. The molecule has 0 saturated carbocycles. The molecule has 1 rings (SSSR count). The molecule has 3 heteroatoms. The third kappa shape index (κ3) is 7.41. The van der Waals surface area contributed by atoms with Gasteiger partial charge in [-0.3, -0.25) is 0 Å². The van der Waals surface area contributed by atoms with Gasteiger partial charge in [0, 0.05) is 22.9 Å². The Morgan fingerprint density at radius 2 is 1.95 bits per heavy atom. The number of ether oxygens (including phenoxy) is 1. The van der Waals surface area contributed by atoms with E-state index in [0.29, 0.717) is 0 Å². The average molecular weight is 298 g/mol. The molecule has 0 saturated heterocycles. The van der Waals surface area contributed by atoms with Crippen LogP contribution in [-0.2, 0) is 17.9 Å². The van der Waals surface area contributed by atoms with Gasteiger partial charge in [0.2, 0.25) is 0 Å². The lowest BCUT2D eigenvalue weighted by atomic mass is 10.0. The lowest BCUT2D eigenvalue weighted by Gasteiger charge is -2.14. The van der Waals surface area contributed by atoms with E-state index in [1.807, 2.05) is 11.3 Å². The Morgan fingerprint density at radius 1 is 1.15 bits per heavy atom. The summed E-state index contributed by atoms with van der Waals surface area (Å²) >= 11 is 1.87. The highest BCUT2D eigenvalue weighted by Crippen LogP contribution is 2.19. The molecule has 1 atom stereocenters. The predicted molar refractivity (Wildman–Crippen MR) is 89.3 cm³/mol. The quantitative estimate of drug-likeness (QED) is 0.549.